The molecule has 0 amide bonds. The fraction of sp³-hybridized carbons (Fsp3) is 0.333. The lowest BCUT2D eigenvalue weighted by atomic mass is 10.1. The van der Waals surface area contributed by atoms with Crippen LogP contribution in [0.4, 0.5) is 0 Å². The van der Waals surface area contributed by atoms with Crippen LogP contribution >= 0.6 is 0 Å². The Hall–Kier alpha value is -1.54. The first kappa shape index (κ1) is 11.9. The van der Waals surface area contributed by atoms with E-state index in [9.17, 15) is 0 Å². The minimum atomic E-state index is 0.384. The highest BCUT2D eigenvalue weighted by Crippen LogP contribution is 2.14. The van der Waals surface area contributed by atoms with Crippen molar-refractivity contribution in [1.82, 2.24) is 9.88 Å². The number of rotatable bonds is 4. The topological polar surface area (TPSA) is 17.0 Å². The van der Waals surface area contributed by atoms with Gasteiger partial charge in [0.2, 0.25) is 0 Å². The van der Waals surface area contributed by atoms with Crippen molar-refractivity contribution in [3.8, 4) is 0 Å². The first-order valence-corrected chi connectivity index (χ1v) is 6.06. The largest absolute Gasteiger partial charge is 0.357 e. The van der Waals surface area contributed by atoms with Crippen LogP contribution in [0, 0.1) is 6.92 Å². The van der Waals surface area contributed by atoms with Gasteiger partial charge in [-0.2, -0.15) is 0 Å². The summed E-state index contributed by atoms with van der Waals surface area (Å²) in [7, 11) is 2.05. The zero-order valence-electron chi connectivity index (χ0n) is 10.8. The van der Waals surface area contributed by atoms with Gasteiger partial charge in [0.15, 0.2) is 0 Å². The third-order valence-electron chi connectivity index (χ3n) is 3.05. The lowest BCUT2D eigenvalue weighted by molar-refractivity contribution is 0.574. The van der Waals surface area contributed by atoms with Crippen molar-refractivity contribution in [2.24, 2.45) is 7.05 Å². The Morgan fingerprint density at radius 1 is 1.29 bits per heavy atom. The van der Waals surface area contributed by atoms with Gasteiger partial charge in [0, 0.05) is 32.0 Å². The van der Waals surface area contributed by atoms with Crippen LogP contribution in [0.2, 0.25) is 0 Å². The molecule has 2 nitrogen and oxygen atoms in total. The summed E-state index contributed by atoms with van der Waals surface area (Å²) in [6.45, 7) is 5.25. The summed E-state index contributed by atoms with van der Waals surface area (Å²) in [5.41, 5.74) is 3.99. The van der Waals surface area contributed by atoms with Crippen LogP contribution in [0.25, 0.3) is 0 Å². The van der Waals surface area contributed by atoms with Crippen molar-refractivity contribution < 1.29 is 0 Å². The van der Waals surface area contributed by atoms with E-state index in [1.165, 1.54) is 16.7 Å². The third kappa shape index (κ3) is 3.21. The normalized spacial score (nSPS) is 12.6. The van der Waals surface area contributed by atoms with Crippen molar-refractivity contribution >= 4 is 0 Å². The van der Waals surface area contributed by atoms with E-state index in [1.54, 1.807) is 0 Å². The van der Waals surface area contributed by atoms with Crippen molar-refractivity contribution in [2.75, 3.05) is 0 Å². The molecule has 2 heteroatoms. The molecule has 0 aliphatic heterocycles. The van der Waals surface area contributed by atoms with E-state index in [2.05, 4.69) is 66.5 Å². The Bertz CT molecular complexity index is 485. The maximum atomic E-state index is 3.54. The van der Waals surface area contributed by atoms with E-state index in [0.717, 1.165) is 6.54 Å². The van der Waals surface area contributed by atoms with Gasteiger partial charge in [0.25, 0.3) is 0 Å². The first-order chi connectivity index (χ1) is 8.15. The minimum Gasteiger partial charge on any atom is -0.357 e. The van der Waals surface area contributed by atoms with Gasteiger partial charge in [0.1, 0.15) is 0 Å². The minimum absolute atomic E-state index is 0.384. The third-order valence-corrected chi connectivity index (χ3v) is 3.05. The Balaban J connectivity index is 1.95. The van der Waals surface area contributed by atoms with E-state index in [-0.39, 0.29) is 0 Å². The predicted octanol–water partition coefficient (Wildman–Crippen LogP) is 3.18. The summed E-state index contributed by atoms with van der Waals surface area (Å²) in [5, 5.41) is 3.54. The monoisotopic (exact) mass is 228 g/mol. The van der Waals surface area contributed by atoms with Gasteiger partial charge < -0.3 is 9.88 Å². The summed E-state index contributed by atoms with van der Waals surface area (Å²) >= 11 is 0. The van der Waals surface area contributed by atoms with Crippen molar-refractivity contribution in [3.63, 3.8) is 0 Å². The smallest absolute Gasteiger partial charge is 0.0295 e. The molecular formula is C15H20N2. The lowest BCUT2D eigenvalue weighted by Gasteiger charge is -2.14. The second kappa shape index (κ2) is 5.19. The van der Waals surface area contributed by atoms with E-state index in [1.807, 2.05) is 7.05 Å². The molecule has 0 aliphatic rings. The van der Waals surface area contributed by atoms with Gasteiger partial charge >= 0.3 is 0 Å². The van der Waals surface area contributed by atoms with Crippen molar-refractivity contribution in [2.45, 2.75) is 26.4 Å². The Morgan fingerprint density at radius 2 is 2.12 bits per heavy atom. The van der Waals surface area contributed by atoms with E-state index >= 15 is 0 Å². The van der Waals surface area contributed by atoms with Crippen LogP contribution in [0.1, 0.15) is 29.7 Å². The summed E-state index contributed by atoms with van der Waals surface area (Å²) in [4.78, 5) is 0. The summed E-state index contributed by atoms with van der Waals surface area (Å²) < 4.78 is 2.08. The lowest BCUT2D eigenvalue weighted by Crippen LogP contribution is -2.17. The Labute approximate surface area is 103 Å². The molecule has 0 unspecified atom stereocenters. The van der Waals surface area contributed by atoms with Gasteiger partial charge in [0.05, 0.1) is 0 Å². The number of aryl methyl sites for hydroxylation is 2. The molecule has 0 radical (unpaired) electrons. The van der Waals surface area contributed by atoms with E-state index in [4.69, 9.17) is 0 Å². The molecule has 0 fully saturated rings. The van der Waals surface area contributed by atoms with Crippen LogP contribution < -0.4 is 5.32 Å². The molecule has 17 heavy (non-hydrogen) atoms. The van der Waals surface area contributed by atoms with Crippen molar-refractivity contribution in [1.29, 1.82) is 0 Å². The summed E-state index contributed by atoms with van der Waals surface area (Å²) in [6.07, 6.45) is 4.23. The number of aromatic nitrogens is 1. The predicted molar refractivity (Wildman–Crippen MR) is 71.8 cm³/mol. The van der Waals surface area contributed by atoms with Crippen LogP contribution in [0.3, 0.4) is 0 Å². The molecule has 1 atom stereocenters. The highest BCUT2D eigenvalue weighted by molar-refractivity contribution is 5.24. The molecule has 1 aromatic heterocycles. The fourth-order valence-corrected chi connectivity index (χ4v) is 1.99. The Morgan fingerprint density at radius 3 is 2.76 bits per heavy atom. The molecule has 0 bridgehead atoms. The van der Waals surface area contributed by atoms with Gasteiger partial charge in [-0.15, -0.1) is 0 Å². The zero-order valence-corrected chi connectivity index (χ0v) is 10.8. The average Bonchev–Trinajstić information content (AvgIpc) is 2.72. The van der Waals surface area contributed by atoms with Crippen LogP contribution in [-0.4, -0.2) is 4.57 Å². The molecule has 2 rings (SSSR count). The number of benzene rings is 1. The SMILES string of the molecule is Cc1cccc([C@H](C)NCc2ccn(C)c2)c1. The molecule has 2 aromatic rings. The van der Waals surface area contributed by atoms with E-state index in [0.29, 0.717) is 6.04 Å². The molecule has 1 heterocycles. The number of nitrogens with one attached hydrogen (secondary N) is 1. The zero-order chi connectivity index (χ0) is 12.3. The highest BCUT2D eigenvalue weighted by atomic mass is 14.9. The fourth-order valence-electron chi connectivity index (χ4n) is 1.99. The van der Waals surface area contributed by atoms with Crippen LogP contribution in [-0.2, 0) is 13.6 Å². The molecular weight excluding hydrogens is 208 g/mol. The van der Waals surface area contributed by atoms with Crippen molar-refractivity contribution in [3.05, 3.63) is 59.4 Å². The number of hydrogen-bond donors (Lipinski definition) is 1. The summed E-state index contributed by atoms with van der Waals surface area (Å²) in [6, 6.07) is 11.2. The second-order valence-corrected chi connectivity index (χ2v) is 4.70. The maximum absolute atomic E-state index is 3.54. The molecule has 0 spiro atoms. The number of hydrogen-bond acceptors (Lipinski definition) is 1. The van der Waals surface area contributed by atoms with Crippen LogP contribution in [0.15, 0.2) is 42.7 Å². The Kier molecular flexibility index (Phi) is 3.64. The molecule has 0 saturated heterocycles. The first-order valence-electron chi connectivity index (χ1n) is 6.06. The quantitative estimate of drug-likeness (QED) is 0.850. The second-order valence-electron chi connectivity index (χ2n) is 4.70. The molecule has 90 valence electrons. The number of nitrogens with zero attached hydrogens (tertiary/aromatic N) is 1. The van der Waals surface area contributed by atoms with Gasteiger partial charge in [-0.1, -0.05) is 29.8 Å². The van der Waals surface area contributed by atoms with Gasteiger partial charge in [-0.05, 0) is 31.0 Å². The van der Waals surface area contributed by atoms with Crippen LogP contribution in [0.5, 0.6) is 0 Å². The standard InChI is InChI=1S/C15H20N2/c1-12-5-4-6-15(9-12)13(2)16-10-14-7-8-17(3)11-14/h4-9,11,13,16H,10H2,1-3H3/t13-/m0/s1. The average molecular weight is 228 g/mol. The maximum Gasteiger partial charge on any atom is 0.0295 e. The van der Waals surface area contributed by atoms with Gasteiger partial charge in [-0.3, -0.25) is 0 Å². The van der Waals surface area contributed by atoms with Gasteiger partial charge in [-0.25, -0.2) is 0 Å². The molecule has 1 N–H and O–H groups in total. The molecule has 1 aromatic carbocycles. The summed E-state index contributed by atoms with van der Waals surface area (Å²) in [5.74, 6) is 0. The highest BCUT2D eigenvalue weighted by Gasteiger charge is 2.04. The molecule has 0 aliphatic carbocycles. The van der Waals surface area contributed by atoms with E-state index < -0.39 is 0 Å². The molecule has 0 saturated carbocycles.